The zero-order chi connectivity index (χ0) is 13.2. The molecular formula is C13H23N3O2. The zero-order valence-electron chi connectivity index (χ0n) is 11.7. The molecule has 0 unspecified atom stereocenters. The third-order valence-electron chi connectivity index (χ3n) is 3.79. The van der Waals surface area contributed by atoms with Crippen LogP contribution in [0.4, 0.5) is 0 Å². The highest BCUT2D eigenvalue weighted by Gasteiger charge is 2.41. The number of methoxy groups -OCH3 is 1. The monoisotopic (exact) mass is 253 g/mol. The van der Waals surface area contributed by atoms with Crippen molar-refractivity contribution in [2.24, 2.45) is 0 Å². The molecule has 1 saturated carbocycles. The van der Waals surface area contributed by atoms with E-state index < -0.39 is 0 Å². The third-order valence-corrected chi connectivity index (χ3v) is 3.79. The van der Waals surface area contributed by atoms with Gasteiger partial charge in [-0.05, 0) is 46.1 Å². The fourth-order valence-electron chi connectivity index (χ4n) is 2.65. The molecular weight excluding hydrogens is 230 g/mol. The lowest BCUT2D eigenvalue weighted by atomic mass is 10.0. The maximum absolute atomic E-state index is 5.67. The number of nitrogens with one attached hydrogen (secondary N) is 1. The molecule has 5 heteroatoms. The molecule has 0 radical (unpaired) electrons. The average Bonchev–Trinajstić information content (AvgIpc) is 2.99. The van der Waals surface area contributed by atoms with E-state index >= 15 is 0 Å². The molecule has 18 heavy (non-hydrogen) atoms. The van der Waals surface area contributed by atoms with Crippen molar-refractivity contribution in [1.82, 2.24) is 15.5 Å². The highest BCUT2D eigenvalue weighted by Crippen LogP contribution is 2.40. The van der Waals surface area contributed by atoms with Crippen LogP contribution >= 0.6 is 0 Å². The van der Waals surface area contributed by atoms with Crippen LogP contribution in [-0.4, -0.2) is 23.8 Å². The predicted octanol–water partition coefficient (Wildman–Crippen LogP) is 2.33. The van der Waals surface area contributed by atoms with Gasteiger partial charge in [-0.1, -0.05) is 12.1 Å². The molecule has 102 valence electrons. The molecule has 2 rings (SSSR count). The van der Waals surface area contributed by atoms with Crippen LogP contribution in [0.5, 0.6) is 0 Å². The summed E-state index contributed by atoms with van der Waals surface area (Å²) in [5.74, 6) is 1.33. The van der Waals surface area contributed by atoms with Crippen LogP contribution in [0.25, 0.3) is 0 Å². The van der Waals surface area contributed by atoms with Gasteiger partial charge in [-0.15, -0.1) is 0 Å². The Bertz CT molecular complexity index is 395. The van der Waals surface area contributed by atoms with Crippen molar-refractivity contribution < 1.29 is 9.26 Å². The Kier molecular flexibility index (Phi) is 3.73. The summed E-state index contributed by atoms with van der Waals surface area (Å²) in [7, 11) is 1.73. The molecule has 0 spiro atoms. The maximum atomic E-state index is 5.67. The minimum absolute atomic E-state index is 0.298. The highest BCUT2D eigenvalue weighted by molar-refractivity contribution is 5.07. The molecule has 0 amide bonds. The van der Waals surface area contributed by atoms with Crippen molar-refractivity contribution in [2.75, 3.05) is 13.7 Å². The van der Waals surface area contributed by atoms with Crippen molar-refractivity contribution in [2.45, 2.75) is 57.6 Å². The van der Waals surface area contributed by atoms with Crippen LogP contribution in [0.1, 0.15) is 58.2 Å². The zero-order valence-corrected chi connectivity index (χ0v) is 11.7. The lowest BCUT2D eigenvalue weighted by molar-refractivity contribution is -0.0178. The average molecular weight is 253 g/mol. The van der Waals surface area contributed by atoms with Gasteiger partial charge in [-0.3, -0.25) is 0 Å². The van der Waals surface area contributed by atoms with Crippen molar-refractivity contribution >= 4 is 0 Å². The molecule has 1 aromatic heterocycles. The molecule has 1 aliphatic rings. The second-order valence-electron chi connectivity index (χ2n) is 5.48. The summed E-state index contributed by atoms with van der Waals surface area (Å²) in [6, 6.07) is 0. The van der Waals surface area contributed by atoms with Gasteiger partial charge in [0.2, 0.25) is 11.7 Å². The smallest absolute Gasteiger partial charge is 0.246 e. The van der Waals surface area contributed by atoms with E-state index in [1.54, 1.807) is 7.11 Å². The standard InChI is InChI=1S/C13H23N3O2/c1-5-14-12(2,3)11-15-10(16-18-11)13(17-4)8-6-7-9-13/h14H,5-9H2,1-4H3. The van der Waals surface area contributed by atoms with Crippen LogP contribution in [0.2, 0.25) is 0 Å². The van der Waals surface area contributed by atoms with Crippen LogP contribution < -0.4 is 5.32 Å². The molecule has 1 aliphatic carbocycles. The van der Waals surface area contributed by atoms with Gasteiger partial charge in [0, 0.05) is 7.11 Å². The minimum Gasteiger partial charge on any atom is -0.370 e. The topological polar surface area (TPSA) is 60.2 Å². The van der Waals surface area contributed by atoms with Gasteiger partial charge in [-0.2, -0.15) is 4.98 Å². The molecule has 0 aromatic carbocycles. The van der Waals surface area contributed by atoms with Crippen molar-refractivity contribution in [3.05, 3.63) is 11.7 Å². The molecule has 1 N–H and O–H groups in total. The minimum atomic E-state index is -0.329. The van der Waals surface area contributed by atoms with Gasteiger partial charge in [-0.25, -0.2) is 0 Å². The Morgan fingerprint density at radius 3 is 2.61 bits per heavy atom. The predicted molar refractivity (Wildman–Crippen MR) is 68.2 cm³/mol. The molecule has 5 nitrogen and oxygen atoms in total. The molecule has 0 saturated heterocycles. The van der Waals surface area contributed by atoms with Crippen LogP contribution in [-0.2, 0) is 15.9 Å². The first kappa shape index (κ1) is 13.5. The first-order valence-electron chi connectivity index (χ1n) is 6.69. The Morgan fingerprint density at radius 1 is 1.39 bits per heavy atom. The summed E-state index contributed by atoms with van der Waals surface area (Å²) in [5, 5.41) is 7.47. The molecule has 1 aromatic rings. The van der Waals surface area contributed by atoms with Crippen molar-refractivity contribution in [3.63, 3.8) is 0 Å². The normalized spacial score (nSPS) is 19.3. The van der Waals surface area contributed by atoms with Crippen molar-refractivity contribution in [1.29, 1.82) is 0 Å². The maximum Gasteiger partial charge on any atom is 0.246 e. The highest BCUT2D eigenvalue weighted by atomic mass is 16.5. The number of aromatic nitrogens is 2. The second kappa shape index (κ2) is 4.97. The Hall–Kier alpha value is -0.940. The van der Waals surface area contributed by atoms with Crippen LogP contribution in [0.3, 0.4) is 0 Å². The van der Waals surface area contributed by atoms with Gasteiger partial charge >= 0.3 is 0 Å². The number of ether oxygens (including phenoxy) is 1. The Labute approximate surface area is 108 Å². The van der Waals surface area contributed by atoms with E-state index in [-0.39, 0.29) is 11.1 Å². The summed E-state index contributed by atoms with van der Waals surface area (Å²) < 4.78 is 11.1. The fourth-order valence-corrected chi connectivity index (χ4v) is 2.65. The number of hydrogen-bond acceptors (Lipinski definition) is 5. The van der Waals surface area contributed by atoms with Gasteiger partial charge < -0.3 is 14.6 Å². The van der Waals surface area contributed by atoms with Gasteiger partial charge in [0.15, 0.2) is 0 Å². The SMILES string of the molecule is CCNC(C)(C)c1nc(C2(OC)CCCC2)no1. The Morgan fingerprint density at radius 2 is 2.06 bits per heavy atom. The fraction of sp³-hybridized carbons (Fsp3) is 0.846. The molecule has 1 heterocycles. The number of rotatable bonds is 5. The Balaban J connectivity index is 2.24. The van der Waals surface area contributed by atoms with E-state index in [2.05, 4.69) is 22.4 Å². The van der Waals surface area contributed by atoms with E-state index in [1.807, 2.05) is 13.8 Å². The van der Waals surface area contributed by atoms with E-state index in [0.717, 1.165) is 32.2 Å². The lowest BCUT2D eigenvalue weighted by Gasteiger charge is -2.23. The van der Waals surface area contributed by atoms with Crippen molar-refractivity contribution in [3.8, 4) is 0 Å². The van der Waals surface area contributed by atoms with E-state index in [0.29, 0.717) is 11.7 Å². The molecule has 0 aliphatic heterocycles. The van der Waals surface area contributed by atoms with E-state index in [9.17, 15) is 0 Å². The largest absolute Gasteiger partial charge is 0.370 e. The van der Waals surface area contributed by atoms with E-state index in [1.165, 1.54) is 0 Å². The first-order chi connectivity index (χ1) is 8.54. The molecule has 0 bridgehead atoms. The second-order valence-corrected chi connectivity index (χ2v) is 5.48. The summed E-state index contributed by atoms with van der Waals surface area (Å²) >= 11 is 0. The summed E-state index contributed by atoms with van der Waals surface area (Å²) in [5.41, 5.74) is -0.627. The summed E-state index contributed by atoms with van der Waals surface area (Å²) in [4.78, 5) is 4.56. The number of hydrogen-bond donors (Lipinski definition) is 1. The first-order valence-corrected chi connectivity index (χ1v) is 6.69. The van der Waals surface area contributed by atoms with Gasteiger partial charge in [0.25, 0.3) is 0 Å². The molecule has 0 atom stereocenters. The van der Waals surface area contributed by atoms with Crippen LogP contribution in [0, 0.1) is 0 Å². The van der Waals surface area contributed by atoms with Crippen LogP contribution in [0.15, 0.2) is 4.52 Å². The lowest BCUT2D eigenvalue weighted by Crippen LogP contribution is -2.36. The van der Waals surface area contributed by atoms with Gasteiger partial charge in [0.05, 0.1) is 5.54 Å². The van der Waals surface area contributed by atoms with Gasteiger partial charge in [0.1, 0.15) is 5.60 Å². The molecule has 1 fully saturated rings. The summed E-state index contributed by atoms with van der Waals surface area (Å²) in [6.45, 7) is 7.01. The number of nitrogens with zero attached hydrogens (tertiary/aromatic N) is 2. The quantitative estimate of drug-likeness (QED) is 0.872. The summed E-state index contributed by atoms with van der Waals surface area (Å²) in [6.07, 6.45) is 4.27. The van der Waals surface area contributed by atoms with E-state index in [4.69, 9.17) is 9.26 Å². The third kappa shape index (κ3) is 2.29.